The van der Waals surface area contributed by atoms with Crippen molar-refractivity contribution in [3.8, 4) is 50.2 Å². The third-order valence-corrected chi connectivity index (χ3v) is 10.8. The van der Waals surface area contributed by atoms with Crippen LogP contribution in [0.4, 0.5) is 17.1 Å². The molecule has 264 valence electrons. The molecule has 0 saturated carbocycles. The van der Waals surface area contributed by atoms with Gasteiger partial charge in [-0.2, -0.15) is 0 Å². The van der Waals surface area contributed by atoms with Gasteiger partial charge in [0.15, 0.2) is 0 Å². The molecule has 0 unspecified atom stereocenters. The molecule has 56 heavy (non-hydrogen) atoms. The zero-order valence-electron chi connectivity index (χ0n) is 30.8. The van der Waals surface area contributed by atoms with Gasteiger partial charge in [-0.15, -0.1) is 0 Å². The fourth-order valence-electron chi connectivity index (χ4n) is 8.10. The Hall–Kier alpha value is -7.42. The Kier molecular flexibility index (Phi) is 8.55. The van der Waals surface area contributed by atoms with Crippen LogP contribution in [0, 0.1) is 0 Å². The van der Waals surface area contributed by atoms with Gasteiger partial charge in [0.25, 0.3) is 0 Å². The van der Waals surface area contributed by atoms with Gasteiger partial charge in [0.1, 0.15) is 0 Å². The van der Waals surface area contributed by atoms with E-state index in [0.717, 1.165) is 28.3 Å². The summed E-state index contributed by atoms with van der Waals surface area (Å²) in [7, 11) is 0. The maximum Gasteiger partial charge on any atom is 0.0553 e. The van der Waals surface area contributed by atoms with Gasteiger partial charge < -0.3 is 9.47 Å². The van der Waals surface area contributed by atoms with Crippen LogP contribution >= 0.6 is 0 Å². The maximum atomic E-state index is 2.42. The quantitative estimate of drug-likeness (QED) is 0.152. The first-order chi connectivity index (χ1) is 27.8. The van der Waals surface area contributed by atoms with Gasteiger partial charge in [-0.05, 0) is 111 Å². The number of aromatic nitrogens is 1. The van der Waals surface area contributed by atoms with Crippen molar-refractivity contribution < 1.29 is 0 Å². The number of anilines is 3. The van der Waals surface area contributed by atoms with E-state index in [0.29, 0.717) is 0 Å². The molecule has 0 aliphatic carbocycles. The highest BCUT2D eigenvalue weighted by Gasteiger charge is 2.20. The number of rotatable bonds is 8. The second-order valence-electron chi connectivity index (χ2n) is 14.2. The fourth-order valence-corrected chi connectivity index (χ4v) is 8.10. The normalized spacial score (nSPS) is 11.2. The van der Waals surface area contributed by atoms with Crippen molar-refractivity contribution in [1.29, 1.82) is 0 Å². The van der Waals surface area contributed by atoms with E-state index >= 15 is 0 Å². The first-order valence-corrected chi connectivity index (χ1v) is 19.2. The second-order valence-corrected chi connectivity index (χ2v) is 14.2. The zero-order valence-corrected chi connectivity index (χ0v) is 30.8. The molecule has 0 spiro atoms. The largest absolute Gasteiger partial charge is 0.310 e. The molecular weight excluding hydrogens is 677 g/mol. The van der Waals surface area contributed by atoms with Gasteiger partial charge in [-0.3, -0.25) is 0 Å². The Morgan fingerprint density at radius 1 is 0.286 bits per heavy atom. The van der Waals surface area contributed by atoms with Crippen molar-refractivity contribution in [2.24, 2.45) is 0 Å². The van der Waals surface area contributed by atoms with Crippen LogP contribution in [0.3, 0.4) is 0 Å². The SMILES string of the molecule is c1ccc(-c2ccc(N(c3ccc(-c4ccccc4)cc3)c3cccc(-c4cc(-c5ccccc5)cc5c4c4ccccc4n5-c4ccccc4)c3)cc2)cc1. The van der Waals surface area contributed by atoms with Crippen molar-refractivity contribution in [1.82, 2.24) is 4.57 Å². The molecule has 10 aromatic rings. The van der Waals surface area contributed by atoms with Gasteiger partial charge in [0, 0.05) is 33.5 Å². The summed E-state index contributed by atoms with van der Waals surface area (Å²) in [5.41, 5.74) is 16.3. The van der Waals surface area contributed by atoms with Crippen molar-refractivity contribution in [3.05, 3.63) is 231 Å². The van der Waals surface area contributed by atoms with E-state index in [2.05, 4.69) is 240 Å². The number of hydrogen-bond acceptors (Lipinski definition) is 1. The van der Waals surface area contributed by atoms with Crippen molar-refractivity contribution in [3.63, 3.8) is 0 Å². The van der Waals surface area contributed by atoms with Crippen LogP contribution in [-0.2, 0) is 0 Å². The first kappa shape index (κ1) is 33.2. The highest BCUT2D eigenvalue weighted by molar-refractivity contribution is 6.17. The zero-order chi connectivity index (χ0) is 37.3. The molecule has 0 saturated heterocycles. The summed E-state index contributed by atoms with van der Waals surface area (Å²) in [6.45, 7) is 0. The number of benzene rings is 9. The van der Waals surface area contributed by atoms with Crippen LogP contribution in [0.2, 0.25) is 0 Å². The molecule has 10 rings (SSSR count). The third kappa shape index (κ3) is 6.14. The van der Waals surface area contributed by atoms with Gasteiger partial charge in [0.05, 0.1) is 11.0 Å². The van der Waals surface area contributed by atoms with E-state index in [4.69, 9.17) is 0 Å². The lowest BCUT2D eigenvalue weighted by Gasteiger charge is -2.26. The summed E-state index contributed by atoms with van der Waals surface area (Å²) in [6, 6.07) is 83.1. The molecule has 1 heterocycles. The van der Waals surface area contributed by atoms with E-state index in [-0.39, 0.29) is 0 Å². The molecule has 2 heteroatoms. The van der Waals surface area contributed by atoms with Crippen LogP contribution < -0.4 is 4.90 Å². The minimum atomic E-state index is 1.09. The van der Waals surface area contributed by atoms with E-state index < -0.39 is 0 Å². The van der Waals surface area contributed by atoms with Gasteiger partial charge in [-0.25, -0.2) is 0 Å². The number of nitrogens with zero attached hydrogens (tertiary/aromatic N) is 2. The monoisotopic (exact) mass is 714 g/mol. The molecule has 0 aliphatic heterocycles. The van der Waals surface area contributed by atoms with Crippen LogP contribution in [-0.4, -0.2) is 4.57 Å². The van der Waals surface area contributed by atoms with Crippen LogP contribution in [0.25, 0.3) is 72.0 Å². The van der Waals surface area contributed by atoms with Gasteiger partial charge in [-0.1, -0.05) is 164 Å². The summed E-state index contributed by atoms with van der Waals surface area (Å²) in [5, 5.41) is 2.48. The summed E-state index contributed by atoms with van der Waals surface area (Å²) in [5.74, 6) is 0. The minimum absolute atomic E-state index is 1.09. The average molecular weight is 715 g/mol. The lowest BCUT2D eigenvalue weighted by molar-refractivity contribution is 1.18. The molecule has 2 nitrogen and oxygen atoms in total. The van der Waals surface area contributed by atoms with Crippen LogP contribution in [0.15, 0.2) is 231 Å². The molecule has 0 radical (unpaired) electrons. The second kappa shape index (κ2) is 14.4. The smallest absolute Gasteiger partial charge is 0.0553 e. The third-order valence-electron chi connectivity index (χ3n) is 10.8. The number of hydrogen-bond donors (Lipinski definition) is 0. The summed E-state index contributed by atoms with van der Waals surface area (Å²) < 4.78 is 2.42. The van der Waals surface area contributed by atoms with Gasteiger partial charge in [0.2, 0.25) is 0 Å². The number of para-hydroxylation sites is 2. The van der Waals surface area contributed by atoms with Crippen molar-refractivity contribution in [2.75, 3.05) is 4.90 Å². The van der Waals surface area contributed by atoms with Crippen molar-refractivity contribution in [2.45, 2.75) is 0 Å². The first-order valence-electron chi connectivity index (χ1n) is 19.2. The standard InChI is InChI=1S/C54H38N2/c1-5-16-39(17-6-1)42-28-32-47(33-29-42)55(48-34-30-43(31-35-48)40-18-7-2-8-19-40)49-25-15-22-44(36-49)51-37-45(41-20-9-3-10-21-41)38-53-54(51)50-26-13-14-27-52(50)56(53)46-23-11-4-12-24-46/h1-38H. The molecule has 0 amide bonds. The number of fused-ring (bicyclic) bond motifs is 3. The molecule has 0 bridgehead atoms. The maximum absolute atomic E-state index is 2.42. The van der Waals surface area contributed by atoms with E-state index in [1.807, 2.05) is 0 Å². The van der Waals surface area contributed by atoms with Crippen molar-refractivity contribution >= 4 is 38.9 Å². The Morgan fingerprint density at radius 3 is 1.32 bits per heavy atom. The minimum Gasteiger partial charge on any atom is -0.310 e. The molecule has 0 fully saturated rings. The lowest BCUT2D eigenvalue weighted by atomic mass is 9.94. The predicted octanol–water partition coefficient (Wildman–Crippen LogP) is 14.9. The molecular formula is C54H38N2. The highest BCUT2D eigenvalue weighted by Crippen LogP contribution is 2.44. The van der Waals surface area contributed by atoms with E-state index in [1.54, 1.807) is 0 Å². The molecule has 9 aromatic carbocycles. The highest BCUT2D eigenvalue weighted by atomic mass is 15.1. The molecule has 0 aliphatic rings. The Labute approximate surface area is 327 Å². The fraction of sp³-hybridized carbons (Fsp3) is 0. The summed E-state index contributed by atoms with van der Waals surface area (Å²) in [4.78, 5) is 2.37. The lowest BCUT2D eigenvalue weighted by Crippen LogP contribution is -2.10. The Balaban J connectivity index is 1.17. The van der Waals surface area contributed by atoms with Crippen LogP contribution in [0.1, 0.15) is 0 Å². The molecule has 0 N–H and O–H groups in total. The summed E-state index contributed by atoms with van der Waals surface area (Å²) in [6.07, 6.45) is 0. The van der Waals surface area contributed by atoms with Gasteiger partial charge >= 0.3 is 0 Å². The average Bonchev–Trinajstić information content (AvgIpc) is 3.62. The van der Waals surface area contributed by atoms with E-state index in [1.165, 1.54) is 60.8 Å². The topological polar surface area (TPSA) is 8.17 Å². The molecule has 0 atom stereocenters. The Morgan fingerprint density at radius 2 is 0.750 bits per heavy atom. The predicted molar refractivity (Wildman–Crippen MR) is 237 cm³/mol. The Bertz CT molecular complexity index is 2830. The molecule has 1 aromatic heterocycles. The van der Waals surface area contributed by atoms with Crippen LogP contribution in [0.5, 0.6) is 0 Å². The van der Waals surface area contributed by atoms with E-state index in [9.17, 15) is 0 Å². The summed E-state index contributed by atoms with van der Waals surface area (Å²) >= 11 is 0.